The summed E-state index contributed by atoms with van der Waals surface area (Å²) in [4.78, 5) is 36.3. The van der Waals surface area contributed by atoms with Gasteiger partial charge in [0.25, 0.3) is 5.91 Å². The van der Waals surface area contributed by atoms with E-state index in [-0.39, 0.29) is 18.3 Å². The summed E-state index contributed by atoms with van der Waals surface area (Å²) in [5, 5.41) is 14.9. The van der Waals surface area contributed by atoms with E-state index in [0.29, 0.717) is 27.0 Å². The van der Waals surface area contributed by atoms with Crippen LogP contribution in [0.2, 0.25) is 0 Å². The van der Waals surface area contributed by atoms with E-state index in [1.165, 1.54) is 12.4 Å². The minimum Gasteiger partial charge on any atom is -0.465 e. The van der Waals surface area contributed by atoms with Gasteiger partial charge in [-0.05, 0) is 45.8 Å². The Labute approximate surface area is 202 Å². The van der Waals surface area contributed by atoms with Crippen LogP contribution >= 0.6 is 15.9 Å². The smallest absolute Gasteiger partial charge is 0.405 e. The highest BCUT2D eigenvalue weighted by molar-refractivity contribution is 9.10. The lowest BCUT2D eigenvalue weighted by atomic mass is 10.0. The van der Waals surface area contributed by atoms with Crippen molar-refractivity contribution in [2.75, 3.05) is 11.1 Å². The second-order valence-corrected chi connectivity index (χ2v) is 8.02. The molecule has 10 nitrogen and oxygen atoms in total. The largest absolute Gasteiger partial charge is 0.465 e. The van der Waals surface area contributed by atoms with E-state index in [1.807, 2.05) is 0 Å². The number of amides is 2. The van der Waals surface area contributed by atoms with Gasteiger partial charge in [-0.3, -0.25) is 4.79 Å². The molecule has 172 valence electrons. The quantitative estimate of drug-likeness (QED) is 0.269. The number of rotatable bonds is 7. The van der Waals surface area contributed by atoms with Crippen LogP contribution in [0.1, 0.15) is 10.4 Å². The summed E-state index contributed by atoms with van der Waals surface area (Å²) in [6.45, 7) is 3.93. The molecular weight excluding hydrogens is 502 g/mol. The zero-order chi connectivity index (χ0) is 24.2. The Balaban J connectivity index is 1.71. The fourth-order valence-electron chi connectivity index (χ4n) is 3.54. The molecule has 0 aliphatic rings. The molecule has 4 rings (SSSR count). The second kappa shape index (κ2) is 9.71. The molecule has 3 aromatic heterocycles. The topological polar surface area (TPSA) is 148 Å². The third-order valence-electron chi connectivity index (χ3n) is 5.12. The van der Waals surface area contributed by atoms with Crippen LogP contribution in [0, 0.1) is 0 Å². The van der Waals surface area contributed by atoms with Gasteiger partial charge < -0.3 is 26.0 Å². The van der Waals surface area contributed by atoms with Gasteiger partial charge in [-0.2, -0.15) is 0 Å². The molecule has 0 saturated heterocycles. The molecule has 0 saturated carbocycles. The van der Waals surface area contributed by atoms with Crippen molar-refractivity contribution in [3.63, 3.8) is 0 Å². The van der Waals surface area contributed by atoms with Crippen molar-refractivity contribution in [1.29, 1.82) is 0 Å². The molecule has 0 bridgehead atoms. The Morgan fingerprint density at radius 3 is 2.59 bits per heavy atom. The number of nitrogens with two attached hydrogens (primary N) is 1. The summed E-state index contributed by atoms with van der Waals surface area (Å²) < 4.78 is 2.44. The minimum atomic E-state index is -1.16. The van der Waals surface area contributed by atoms with E-state index in [4.69, 9.17) is 10.8 Å². The van der Waals surface area contributed by atoms with Crippen LogP contribution in [-0.2, 0) is 6.54 Å². The van der Waals surface area contributed by atoms with E-state index in [2.05, 4.69) is 48.1 Å². The molecule has 0 aliphatic carbocycles. The van der Waals surface area contributed by atoms with Gasteiger partial charge in [-0.25, -0.2) is 19.7 Å². The number of nitrogen functional groups attached to an aromatic ring is 1. The van der Waals surface area contributed by atoms with E-state index in [0.717, 1.165) is 11.1 Å². The van der Waals surface area contributed by atoms with Gasteiger partial charge in [-0.1, -0.05) is 24.3 Å². The van der Waals surface area contributed by atoms with Crippen LogP contribution in [-0.4, -0.2) is 42.7 Å². The molecule has 2 amide bonds. The third-order valence-corrected chi connectivity index (χ3v) is 5.95. The summed E-state index contributed by atoms with van der Waals surface area (Å²) in [5.74, 6) is 0.444. The van der Waals surface area contributed by atoms with Crippen molar-refractivity contribution < 1.29 is 14.7 Å². The van der Waals surface area contributed by atoms with Crippen LogP contribution < -0.4 is 16.4 Å². The van der Waals surface area contributed by atoms with Crippen molar-refractivity contribution in [3.8, 4) is 11.1 Å². The number of carbonyl (C=O) groups is 2. The molecule has 1 atom stereocenters. The SMILES string of the molecule is C=C[C@@H](Cn1c(Br)c(-c2ccc(C(=O)Nc3ccccn3)cc2)c2c(N)ncnc21)NC(=O)O. The average molecular weight is 522 g/mol. The van der Waals surface area contributed by atoms with Crippen molar-refractivity contribution in [3.05, 3.63) is 77.8 Å². The average Bonchev–Trinajstić information content (AvgIpc) is 3.11. The predicted molar refractivity (Wildman–Crippen MR) is 132 cm³/mol. The standard InChI is InChI=1S/C23H20BrN7O3/c1-2-15(29-23(33)34)11-31-19(24)17(18-20(25)27-12-28-21(18)31)13-6-8-14(9-7-13)22(32)30-16-5-3-4-10-26-16/h2-10,12,15,29H,1,11H2,(H,33,34)(H2,25,27,28)(H,26,30,32)/t15-/m0/s1. The zero-order valence-electron chi connectivity index (χ0n) is 17.8. The first kappa shape index (κ1) is 22.9. The summed E-state index contributed by atoms with van der Waals surface area (Å²) in [6.07, 6.45) is 3.29. The number of carbonyl (C=O) groups excluding carboxylic acids is 1. The first-order chi connectivity index (χ1) is 16.4. The van der Waals surface area contributed by atoms with E-state index in [1.54, 1.807) is 53.2 Å². The van der Waals surface area contributed by atoms with Gasteiger partial charge in [0.05, 0.1) is 16.0 Å². The molecule has 3 heterocycles. The maximum Gasteiger partial charge on any atom is 0.405 e. The Kier molecular flexibility index (Phi) is 6.55. The second-order valence-electron chi connectivity index (χ2n) is 7.27. The number of nitrogens with one attached hydrogen (secondary N) is 2. The lowest BCUT2D eigenvalue weighted by molar-refractivity contribution is 0.102. The molecule has 0 unspecified atom stereocenters. The van der Waals surface area contributed by atoms with Gasteiger partial charge in [-0.15, -0.1) is 6.58 Å². The lowest BCUT2D eigenvalue weighted by Gasteiger charge is -2.15. The summed E-state index contributed by atoms with van der Waals surface area (Å²) in [7, 11) is 0. The van der Waals surface area contributed by atoms with Crippen LogP contribution in [0.4, 0.5) is 16.4 Å². The Hall–Kier alpha value is -4.25. The zero-order valence-corrected chi connectivity index (χ0v) is 19.4. The van der Waals surface area contributed by atoms with Gasteiger partial charge in [0.1, 0.15) is 23.6 Å². The number of hydrogen-bond donors (Lipinski definition) is 4. The molecule has 5 N–H and O–H groups in total. The van der Waals surface area contributed by atoms with Crippen molar-refractivity contribution in [2.45, 2.75) is 12.6 Å². The van der Waals surface area contributed by atoms with Gasteiger partial charge in [0.2, 0.25) is 0 Å². The molecule has 34 heavy (non-hydrogen) atoms. The number of benzene rings is 1. The van der Waals surface area contributed by atoms with Crippen LogP contribution in [0.3, 0.4) is 0 Å². The number of pyridine rings is 1. The van der Waals surface area contributed by atoms with Gasteiger partial charge in [0, 0.05) is 23.9 Å². The Morgan fingerprint density at radius 1 is 1.18 bits per heavy atom. The first-order valence-corrected chi connectivity index (χ1v) is 10.9. The normalized spacial score (nSPS) is 11.7. The summed E-state index contributed by atoms with van der Waals surface area (Å²) in [5.41, 5.74) is 8.68. The monoisotopic (exact) mass is 521 g/mol. The highest BCUT2D eigenvalue weighted by Crippen LogP contribution is 2.40. The molecule has 11 heteroatoms. The molecule has 0 aliphatic heterocycles. The van der Waals surface area contributed by atoms with Crippen molar-refractivity contribution in [2.24, 2.45) is 0 Å². The summed E-state index contributed by atoms with van der Waals surface area (Å²) in [6, 6.07) is 11.7. The molecule has 0 spiro atoms. The Morgan fingerprint density at radius 2 is 1.94 bits per heavy atom. The van der Waals surface area contributed by atoms with Gasteiger partial charge in [0.15, 0.2) is 0 Å². The predicted octanol–water partition coefficient (Wildman–Crippen LogP) is 3.91. The Bertz CT molecular complexity index is 1370. The van der Waals surface area contributed by atoms with Crippen LogP contribution in [0.5, 0.6) is 0 Å². The minimum absolute atomic E-state index is 0.230. The van der Waals surface area contributed by atoms with Crippen molar-refractivity contribution in [1.82, 2.24) is 24.8 Å². The van der Waals surface area contributed by atoms with E-state index < -0.39 is 12.1 Å². The molecule has 4 aromatic rings. The van der Waals surface area contributed by atoms with Crippen molar-refractivity contribution >= 4 is 50.6 Å². The highest BCUT2D eigenvalue weighted by atomic mass is 79.9. The first-order valence-electron chi connectivity index (χ1n) is 10.1. The van der Waals surface area contributed by atoms with E-state index >= 15 is 0 Å². The number of anilines is 2. The van der Waals surface area contributed by atoms with Gasteiger partial charge >= 0.3 is 6.09 Å². The summed E-state index contributed by atoms with van der Waals surface area (Å²) >= 11 is 3.62. The number of halogens is 1. The maximum absolute atomic E-state index is 12.6. The third kappa shape index (κ3) is 4.59. The lowest BCUT2D eigenvalue weighted by Crippen LogP contribution is -2.35. The molecule has 1 aromatic carbocycles. The molecular formula is C23H20BrN7O3. The van der Waals surface area contributed by atoms with Crippen LogP contribution in [0.25, 0.3) is 22.2 Å². The van der Waals surface area contributed by atoms with Crippen LogP contribution in [0.15, 0.2) is 72.2 Å². The molecule has 0 radical (unpaired) electrons. The molecule has 0 fully saturated rings. The number of fused-ring (bicyclic) bond motifs is 1. The fourth-order valence-corrected chi connectivity index (χ4v) is 4.28. The number of aromatic nitrogens is 4. The van der Waals surface area contributed by atoms with E-state index in [9.17, 15) is 9.59 Å². The number of carboxylic acid groups (broad SMARTS) is 1. The number of hydrogen-bond acceptors (Lipinski definition) is 6. The maximum atomic E-state index is 12.6. The fraction of sp³-hybridized carbons (Fsp3) is 0.0870. The highest BCUT2D eigenvalue weighted by Gasteiger charge is 2.23. The number of nitrogens with zero attached hydrogens (tertiary/aromatic N) is 4.